The maximum Gasteiger partial charge on any atom is 0.343 e. The van der Waals surface area contributed by atoms with E-state index in [9.17, 15) is 24.2 Å². The van der Waals surface area contributed by atoms with Crippen molar-refractivity contribution in [1.29, 1.82) is 0 Å². The lowest BCUT2D eigenvalue weighted by atomic mass is 9.98. The first-order valence-corrected chi connectivity index (χ1v) is 8.04. The number of hydrogen-bond donors (Lipinski definition) is 3. The number of aromatic nitrogens is 1. The molecule has 2 aromatic carbocycles. The predicted octanol–water partition coefficient (Wildman–Crippen LogP) is 3.20. The Morgan fingerprint density at radius 2 is 1.96 bits per heavy atom. The van der Waals surface area contributed by atoms with Gasteiger partial charge < -0.3 is 20.5 Å². The van der Waals surface area contributed by atoms with Crippen molar-refractivity contribution in [2.75, 3.05) is 5.73 Å². The number of nitrogen functional groups attached to an aromatic ring is 1. The highest BCUT2D eigenvalue weighted by Gasteiger charge is 2.22. The molecule has 3 aromatic rings. The lowest BCUT2D eigenvalue weighted by Crippen LogP contribution is -2.28. The molecule has 0 unspecified atom stereocenters. The van der Waals surface area contributed by atoms with E-state index < -0.39 is 22.9 Å². The molecule has 0 atom stereocenters. The Hall–Kier alpha value is -3.35. The zero-order chi connectivity index (χ0) is 19.0. The van der Waals surface area contributed by atoms with E-state index in [1.807, 2.05) is 6.92 Å². The molecule has 134 valence electrons. The third-order valence-corrected chi connectivity index (χ3v) is 4.23. The third-order valence-electron chi connectivity index (χ3n) is 4.23. The van der Waals surface area contributed by atoms with Crippen LogP contribution >= 0.6 is 0 Å². The Kier molecular flexibility index (Phi) is 4.38. The molecule has 0 aliphatic carbocycles. The van der Waals surface area contributed by atoms with Gasteiger partial charge in [0.2, 0.25) is 0 Å². The molecular weight excluding hydrogens is 339 g/mol. The number of carboxylic acid groups (broad SMARTS) is 1. The number of aryl methyl sites for hydroxylation is 1. The molecule has 3 rings (SSSR count). The first-order valence-electron chi connectivity index (χ1n) is 8.04. The lowest BCUT2D eigenvalue weighted by molar-refractivity contribution is 0.0695. The summed E-state index contributed by atoms with van der Waals surface area (Å²) in [6.45, 7) is 2.08. The van der Waals surface area contributed by atoms with Gasteiger partial charge in [-0.15, -0.1) is 0 Å². The van der Waals surface area contributed by atoms with Crippen molar-refractivity contribution in [3.8, 4) is 16.9 Å². The van der Waals surface area contributed by atoms with Gasteiger partial charge in [-0.1, -0.05) is 25.1 Å². The van der Waals surface area contributed by atoms with Gasteiger partial charge in [0.05, 0.1) is 11.2 Å². The molecule has 7 heteroatoms. The van der Waals surface area contributed by atoms with Crippen LogP contribution in [0, 0.1) is 5.82 Å². The van der Waals surface area contributed by atoms with Gasteiger partial charge in [-0.05, 0) is 24.6 Å². The molecule has 26 heavy (non-hydrogen) atoms. The number of para-hydroxylation sites is 1. The standard InChI is InChI=1S/C19H17FN2O4/c1-2-8-22-17-11(13-9-10(23)6-7-14(13)20)4-3-5-12(17)16(21)15(18(22)24)19(25)26/h3-7,9,23H,2,8,21H2,1H3,(H,25,26). The highest BCUT2D eigenvalue weighted by molar-refractivity contribution is 6.07. The van der Waals surface area contributed by atoms with Gasteiger partial charge in [0.15, 0.2) is 0 Å². The van der Waals surface area contributed by atoms with Crippen LogP contribution in [-0.4, -0.2) is 20.7 Å². The summed E-state index contributed by atoms with van der Waals surface area (Å²) < 4.78 is 15.7. The number of carboxylic acids is 1. The normalized spacial score (nSPS) is 11.0. The largest absolute Gasteiger partial charge is 0.508 e. The summed E-state index contributed by atoms with van der Waals surface area (Å²) in [5, 5.41) is 19.5. The number of aromatic carboxylic acids is 1. The number of nitrogens with two attached hydrogens (primary N) is 1. The fraction of sp³-hybridized carbons (Fsp3) is 0.158. The Bertz CT molecular complexity index is 1090. The molecule has 0 saturated heterocycles. The number of phenols is 1. The van der Waals surface area contributed by atoms with Crippen molar-refractivity contribution in [3.63, 3.8) is 0 Å². The molecule has 0 spiro atoms. The number of aromatic hydroxyl groups is 1. The second kappa shape index (κ2) is 6.51. The fourth-order valence-electron chi connectivity index (χ4n) is 3.12. The van der Waals surface area contributed by atoms with Crippen LogP contribution in [-0.2, 0) is 6.54 Å². The van der Waals surface area contributed by atoms with Crippen LogP contribution in [0.5, 0.6) is 5.75 Å². The zero-order valence-corrected chi connectivity index (χ0v) is 14.0. The number of rotatable bonds is 4. The fourth-order valence-corrected chi connectivity index (χ4v) is 3.12. The summed E-state index contributed by atoms with van der Waals surface area (Å²) in [5.41, 5.74) is 5.35. The van der Waals surface area contributed by atoms with Crippen LogP contribution < -0.4 is 11.3 Å². The van der Waals surface area contributed by atoms with E-state index in [1.165, 1.54) is 16.7 Å². The molecule has 0 aliphatic heterocycles. The number of phenolic OH excluding ortho intramolecular Hbond substituents is 1. The van der Waals surface area contributed by atoms with E-state index in [0.29, 0.717) is 22.9 Å². The van der Waals surface area contributed by atoms with Crippen molar-refractivity contribution < 1.29 is 19.4 Å². The molecule has 0 aliphatic rings. The summed E-state index contributed by atoms with van der Waals surface area (Å²) in [5.74, 6) is -2.11. The average Bonchev–Trinajstić information content (AvgIpc) is 2.60. The summed E-state index contributed by atoms with van der Waals surface area (Å²) in [6, 6.07) is 8.40. The van der Waals surface area contributed by atoms with E-state index in [2.05, 4.69) is 0 Å². The second-order valence-electron chi connectivity index (χ2n) is 5.92. The van der Waals surface area contributed by atoms with Gasteiger partial charge in [0.1, 0.15) is 17.1 Å². The summed E-state index contributed by atoms with van der Waals surface area (Å²) in [4.78, 5) is 24.2. The average molecular weight is 356 g/mol. The van der Waals surface area contributed by atoms with E-state index >= 15 is 0 Å². The van der Waals surface area contributed by atoms with Crippen molar-refractivity contribution >= 4 is 22.6 Å². The number of halogens is 1. The summed E-state index contributed by atoms with van der Waals surface area (Å²) in [7, 11) is 0. The van der Waals surface area contributed by atoms with Crippen molar-refractivity contribution in [3.05, 3.63) is 58.1 Å². The van der Waals surface area contributed by atoms with E-state index in [1.54, 1.807) is 18.2 Å². The van der Waals surface area contributed by atoms with Crippen molar-refractivity contribution in [1.82, 2.24) is 4.57 Å². The lowest BCUT2D eigenvalue weighted by Gasteiger charge is -2.17. The molecule has 1 heterocycles. The molecule has 0 radical (unpaired) electrons. The van der Waals surface area contributed by atoms with E-state index in [-0.39, 0.29) is 23.5 Å². The van der Waals surface area contributed by atoms with E-state index in [4.69, 9.17) is 5.73 Å². The molecule has 4 N–H and O–H groups in total. The molecule has 0 amide bonds. The predicted molar refractivity (Wildman–Crippen MR) is 96.9 cm³/mol. The minimum Gasteiger partial charge on any atom is -0.508 e. The number of pyridine rings is 1. The van der Waals surface area contributed by atoms with Gasteiger partial charge in [0.25, 0.3) is 5.56 Å². The zero-order valence-electron chi connectivity index (χ0n) is 14.0. The molecule has 0 fully saturated rings. The quantitative estimate of drug-likeness (QED) is 0.666. The number of hydrogen-bond acceptors (Lipinski definition) is 4. The number of benzene rings is 2. The maximum atomic E-state index is 14.4. The number of fused-ring (bicyclic) bond motifs is 1. The SMILES string of the molecule is CCCn1c(=O)c(C(=O)O)c(N)c2cccc(-c3cc(O)ccc3F)c21. The maximum absolute atomic E-state index is 14.4. The van der Waals surface area contributed by atoms with E-state index in [0.717, 1.165) is 6.07 Å². The minimum absolute atomic E-state index is 0.0994. The van der Waals surface area contributed by atoms with Gasteiger partial charge in [0, 0.05) is 23.1 Å². The summed E-state index contributed by atoms with van der Waals surface area (Å²) >= 11 is 0. The first kappa shape index (κ1) is 17.5. The van der Waals surface area contributed by atoms with Crippen molar-refractivity contribution in [2.45, 2.75) is 19.9 Å². The van der Waals surface area contributed by atoms with Crippen LogP contribution in [0.25, 0.3) is 22.0 Å². The number of carbonyl (C=O) groups is 1. The topological polar surface area (TPSA) is 106 Å². The Morgan fingerprint density at radius 3 is 2.62 bits per heavy atom. The summed E-state index contributed by atoms with van der Waals surface area (Å²) in [6.07, 6.45) is 0.564. The molecule has 6 nitrogen and oxygen atoms in total. The third kappa shape index (κ3) is 2.67. The number of nitrogens with zero attached hydrogens (tertiary/aromatic N) is 1. The molecule has 1 aromatic heterocycles. The van der Waals surface area contributed by atoms with Crippen molar-refractivity contribution in [2.24, 2.45) is 0 Å². The van der Waals surface area contributed by atoms with Crippen LogP contribution in [0.2, 0.25) is 0 Å². The smallest absolute Gasteiger partial charge is 0.343 e. The second-order valence-corrected chi connectivity index (χ2v) is 5.92. The minimum atomic E-state index is -1.41. The first-order chi connectivity index (χ1) is 12.4. The van der Waals surface area contributed by atoms with Crippen LogP contribution in [0.15, 0.2) is 41.2 Å². The highest BCUT2D eigenvalue weighted by Crippen LogP contribution is 2.34. The Balaban J connectivity index is 2.53. The van der Waals surface area contributed by atoms with Crippen LogP contribution in [0.3, 0.4) is 0 Å². The van der Waals surface area contributed by atoms with Crippen LogP contribution in [0.4, 0.5) is 10.1 Å². The van der Waals surface area contributed by atoms with Gasteiger partial charge in [-0.2, -0.15) is 0 Å². The Morgan fingerprint density at radius 1 is 1.23 bits per heavy atom. The molecule has 0 saturated carbocycles. The van der Waals surface area contributed by atoms with Gasteiger partial charge >= 0.3 is 5.97 Å². The van der Waals surface area contributed by atoms with Gasteiger partial charge in [-0.25, -0.2) is 9.18 Å². The number of anilines is 1. The van der Waals surface area contributed by atoms with Crippen LogP contribution in [0.1, 0.15) is 23.7 Å². The monoisotopic (exact) mass is 356 g/mol. The molecular formula is C19H17FN2O4. The Labute approximate surface area is 147 Å². The molecule has 0 bridgehead atoms. The highest BCUT2D eigenvalue weighted by atomic mass is 19.1. The van der Waals surface area contributed by atoms with Gasteiger partial charge in [-0.3, -0.25) is 4.79 Å².